The Morgan fingerprint density at radius 3 is 1.42 bits per heavy atom. The number of Topliss-reactive ketones (excluding diaryl/α,β-unsaturated/α-hetero) is 2. The van der Waals surface area contributed by atoms with Crippen molar-refractivity contribution in [3.05, 3.63) is 70.8 Å². The molecule has 0 atom stereocenters. The second kappa shape index (κ2) is 9.83. The van der Waals surface area contributed by atoms with Crippen molar-refractivity contribution in [3.8, 4) is 0 Å². The van der Waals surface area contributed by atoms with E-state index in [2.05, 4.69) is 4.90 Å². The molecule has 168 valence electrons. The third-order valence-electron chi connectivity index (χ3n) is 5.25. The summed E-state index contributed by atoms with van der Waals surface area (Å²) >= 11 is 0. The Morgan fingerprint density at radius 1 is 0.806 bits per heavy atom. The number of rotatable bonds is 10. The molecule has 0 unspecified atom stereocenters. The van der Waals surface area contributed by atoms with Crippen LogP contribution in [0.15, 0.2) is 48.5 Å². The number of aliphatic hydroxyl groups excluding tert-OH is 1. The van der Waals surface area contributed by atoms with E-state index < -0.39 is 11.2 Å². The first kappa shape index (κ1) is 24.9. The number of hydrogen-bond donors (Lipinski definition) is 3. The van der Waals surface area contributed by atoms with Crippen molar-refractivity contribution >= 4 is 11.6 Å². The first-order valence-corrected chi connectivity index (χ1v) is 10.5. The summed E-state index contributed by atoms with van der Waals surface area (Å²) in [5, 5.41) is 29.5. The van der Waals surface area contributed by atoms with Crippen molar-refractivity contribution in [2.75, 3.05) is 19.7 Å². The second-order valence-electron chi connectivity index (χ2n) is 8.78. The van der Waals surface area contributed by atoms with Gasteiger partial charge in [-0.05, 0) is 45.4 Å². The predicted octanol–water partition coefficient (Wildman–Crippen LogP) is 3.00. The Kier molecular flexibility index (Phi) is 7.89. The zero-order valence-electron chi connectivity index (χ0n) is 18.9. The van der Waals surface area contributed by atoms with E-state index in [9.17, 15) is 24.9 Å². The lowest BCUT2D eigenvalue weighted by molar-refractivity contribution is 0.0487. The Labute approximate surface area is 184 Å². The number of carbonyl (C=O) groups excluding carboxylic acids is 2. The SMILES string of the molecule is CCN(CCO)C(c1ccc(C(=O)C(C)(C)O)cc1)c1ccc(C(=O)C(C)(C)O)cc1. The maximum absolute atomic E-state index is 12.3. The topological polar surface area (TPSA) is 98.1 Å². The summed E-state index contributed by atoms with van der Waals surface area (Å²) in [5.41, 5.74) is -0.211. The molecule has 6 heteroatoms. The molecule has 3 N–H and O–H groups in total. The molecular formula is C25H33NO5. The van der Waals surface area contributed by atoms with Gasteiger partial charge in [0.1, 0.15) is 11.2 Å². The van der Waals surface area contributed by atoms with Crippen LogP contribution in [0.5, 0.6) is 0 Å². The van der Waals surface area contributed by atoms with Crippen molar-refractivity contribution in [2.45, 2.75) is 51.9 Å². The fourth-order valence-corrected chi connectivity index (χ4v) is 3.55. The fourth-order valence-electron chi connectivity index (χ4n) is 3.55. The summed E-state index contributed by atoms with van der Waals surface area (Å²) in [6.07, 6.45) is 0. The minimum absolute atomic E-state index is 0.00508. The minimum atomic E-state index is -1.45. The summed E-state index contributed by atoms with van der Waals surface area (Å²) in [6.45, 7) is 8.97. The van der Waals surface area contributed by atoms with E-state index in [1.165, 1.54) is 27.7 Å². The molecule has 0 bridgehead atoms. The maximum Gasteiger partial charge on any atom is 0.193 e. The molecule has 0 aliphatic heterocycles. The molecule has 0 amide bonds. The largest absolute Gasteiger partial charge is 0.395 e. The Balaban J connectivity index is 2.45. The van der Waals surface area contributed by atoms with Crippen LogP contribution in [-0.2, 0) is 0 Å². The molecule has 6 nitrogen and oxygen atoms in total. The van der Waals surface area contributed by atoms with Gasteiger partial charge < -0.3 is 15.3 Å². The zero-order valence-corrected chi connectivity index (χ0v) is 18.9. The molecule has 2 aromatic rings. The molecule has 0 heterocycles. The van der Waals surface area contributed by atoms with Crippen LogP contribution in [0.1, 0.15) is 72.5 Å². The van der Waals surface area contributed by atoms with Crippen molar-refractivity contribution in [1.29, 1.82) is 0 Å². The highest BCUT2D eigenvalue weighted by Crippen LogP contribution is 2.30. The number of likely N-dealkylation sites (N-methyl/N-ethyl adjacent to an activating group) is 1. The van der Waals surface area contributed by atoms with Gasteiger partial charge in [0.05, 0.1) is 12.6 Å². The molecular weight excluding hydrogens is 394 g/mol. The Bertz CT molecular complexity index is 820. The molecule has 0 radical (unpaired) electrons. The van der Waals surface area contributed by atoms with Gasteiger partial charge in [-0.15, -0.1) is 0 Å². The van der Waals surface area contributed by atoms with Gasteiger partial charge in [-0.2, -0.15) is 0 Å². The quantitative estimate of drug-likeness (QED) is 0.504. The van der Waals surface area contributed by atoms with Crippen LogP contribution >= 0.6 is 0 Å². The molecule has 0 saturated carbocycles. The highest BCUT2D eigenvalue weighted by molar-refractivity contribution is 6.02. The average molecular weight is 428 g/mol. The smallest absolute Gasteiger partial charge is 0.193 e. The van der Waals surface area contributed by atoms with Gasteiger partial charge in [0.25, 0.3) is 0 Å². The standard InChI is InChI=1S/C25H33NO5/c1-6-26(15-16-27)21(17-7-11-19(12-8-17)22(28)24(2,3)30)18-9-13-20(14-10-18)23(29)25(4,5)31/h7-14,21,27,30-31H,6,15-16H2,1-5H3. The lowest BCUT2D eigenvalue weighted by Gasteiger charge is -2.31. The maximum atomic E-state index is 12.3. The lowest BCUT2D eigenvalue weighted by atomic mass is 9.91. The molecule has 0 spiro atoms. The van der Waals surface area contributed by atoms with E-state index >= 15 is 0 Å². The predicted molar refractivity (Wildman–Crippen MR) is 120 cm³/mol. The van der Waals surface area contributed by atoms with Crippen LogP contribution in [0.3, 0.4) is 0 Å². The van der Waals surface area contributed by atoms with Crippen molar-refractivity contribution in [1.82, 2.24) is 4.90 Å². The molecule has 31 heavy (non-hydrogen) atoms. The molecule has 0 saturated heterocycles. The van der Waals surface area contributed by atoms with Gasteiger partial charge in [-0.1, -0.05) is 55.5 Å². The minimum Gasteiger partial charge on any atom is -0.395 e. The summed E-state index contributed by atoms with van der Waals surface area (Å²) < 4.78 is 0. The van der Waals surface area contributed by atoms with E-state index in [0.717, 1.165) is 11.1 Å². The third-order valence-corrected chi connectivity index (χ3v) is 5.25. The molecule has 2 aromatic carbocycles. The van der Waals surface area contributed by atoms with Gasteiger partial charge in [-0.3, -0.25) is 14.5 Å². The first-order valence-electron chi connectivity index (χ1n) is 10.5. The number of ketones is 2. The van der Waals surface area contributed by atoms with Crippen molar-refractivity contribution < 1.29 is 24.9 Å². The van der Waals surface area contributed by atoms with E-state index in [-0.39, 0.29) is 24.2 Å². The van der Waals surface area contributed by atoms with Crippen LogP contribution < -0.4 is 0 Å². The third kappa shape index (κ3) is 6.08. The normalized spacial score (nSPS) is 12.5. The van der Waals surface area contributed by atoms with E-state index in [1.807, 2.05) is 31.2 Å². The van der Waals surface area contributed by atoms with Crippen molar-refractivity contribution in [3.63, 3.8) is 0 Å². The van der Waals surface area contributed by atoms with Crippen molar-refractivity contribution in [2.24, 2.45) is 0 Å². The van der Waals surface area contributed by atoms with Crippen LogP contribution in [0.2, 0.25) is 0 Å². The molecule has 0 fully saturated rings. The Hall–Kier alpha value is -2.38. The second-order valence-corrected chi connectivity index (χ2v) is 8.78. The highest BCUT2D eigenvalue weighted by Gasteiger charge is 2.28. The van der Waals surface area contributed by atoms with Crippen LogP contribution in [0.4, 0.5) is 0 Å². The summed E-state index contributed by atoms with van der Waals surface area (Å²) in [7, 11) is 0. The zero-order chi connectivity index (χ0) is 23.4. The molecule has 0 aromatic heterocycles. The first-order chi connectivity index (χ1) is 14.4. The summed E-state index contributed by atoms with van der Waals surface area (Å²) in [4.78, 5) is 26.8. The number of hydrogen-bond acceptors (Lipinski definition) is 6. The summed E-state index contributed by atoms with van der Waals surface area (Å²) in [6, 6.07) is 14.0. The van der Waals surface area contributed by atoms with Crippen LogP contribution in [0.25, 0.3) is 0 Å². The van der Waals surface area contributed by atoms with Gasteiger partial charge in [0.2, 0.25) is 0 Å². The van der Waals surface area contributed by atoms with Crippen LogP contribution in [0, 0.1) is 0 Å². The van der Waals surface area contributed by atoms with Gasteiger partial charge >= 0.3 is 0 Å². The van der Waals surface area contributed by atoms with Gasteiger partial charge in [-0.25, -0.2) is 0 Å². The Morgan fingerprint density at radius 2 is 1.16 bits per heavy atom. The van der Waals surface area contributed by atoms with E-state index in [1.54, 1.807) is 24.3 Å². The average Bonchev–Trinajstić information content (AvgIpc) is 2.72. The lowest BCUT2D eigenvalue weighted by Crippen LogP contribution is -2.33. The number of carbonyl (C=O) groups is 2. The monoisotopic (exact) mass is 427 g/mol. The summed E-state index contributed by atoms with van der Waals surface area (Å²) in [5.74, 6) is -0.708. The number of nitrogens with zero attached hydrogens (tertiary/aromatic N) is 1. The van der Waals surface area contributed by atoms with E-state index in [0.29, 0.717) is 24.2 Å². The molecule has 0 aliphatic rings. The number of benzene rings is 2. The highest BCUT2D eigenvalue weighted by atomic mass is 16.3. The van der Waals surface area contributed by atoms with Gasteiger partial charge in [0, 0.05) is 17.7 Å². The fraction of sp³-hybridized carbons (Fsp3) is 0.440. The van der Waals surface area contributed by atoms with Crippen LogP contribution in [-0.4, -0.2) is 62.7 Å². The van der Waals surface area contributed by atoms with Gasteiger partial charge in [0.15, 0.2) is 11.6 Å². The van der Waals surface area contributed by atoms with E-state index in [4.69, 9.17) is 0 Å². The molecule has 0 aliphatic carbocycles. The molecule has 2 rings (SSSR count). The number of aliphatic hydroxyl groups is 3.